The molecule has 0 amide bonds. The van der Waals surface area contributed by atoms with Crippen LogP contribution in [0.1, 0.15) is 35.6 Å². The van der Waals surface area contributed by atoms with Crippen LogP contribution in [-0.2, 0) is 0 Å². The first-order chi connectivity index (χ1) is 9.66. The first-order valence-corrected chi connectivity index (χ1v) is 7.35. The summed E-state index contributed by atoms with van der Waals surface area (Å²) in [7, 11) is 0. The lowest BCUT2D eigenvalue weighted by Crippen LogP contribution is -2.24. The molecule has 0 aromatic heterocycles. The Morgan fingerprint density at radius 1 is 1.00 bits per heavy atom. The molecule has 2 nitrogen and oxygen atoms in total. The highest BCUT2D eigenvalue weighted by molar-refractivity contribution is 5.61. The van der Waals surface area contributed by atoms with Gasteiger partial charge >= 0.3 is 0 Å². The Kier molecular flexibility index (Phi) is 3.39. The van der Waals surface area contributed by atoms with E-state index in [0.29, 0.717) is 6.04 Å². The standard InChI is InChI=1S/C18H22N2/c1-13-5-3-6-14(2)18(13)20-12-4-7-17(20)15-8-10-16(19)11-9-15/h3,5-6,8-11,17H,4,7,12,19H2,1-2H3. The summed E-state index contributed by atoms with van der Waals surface area (Å²) in [6.45, 7) is 5.56. The summed E-state index contributed by atoms with van der Waals surface area (Å²) in [5.74, 6) is 0. The fourth-order valence-electron chi connectivity index (χ4n) is 3.36. The van der Waals surface area contributed by atoms with Gasteiger partial charge < -0.3 is 10.6 Å². The Bertz CT molecular complexity index is 581. The van der Waals surface area contributed by atoms with Gasteiger partial charge in [0.2, 0.25) is 0 Å². The maximum Gasteiger partial charge on any atom is 0.0543 e. The van der Waals surface area contributed by atoms with Crippen molar-refractivity contribution in [2.24, 2.45) is 0 Å². The topological polar surface area (TPSA) is 29.3 Å². The summed E-state index contributed by atoms with van der Waals surface area (Å²) < 4.78 is 0. The van der Waals surface area contributed by atoms with Crippen molar-refractivity contribution in [2.75, 3.05) is 17.2 Å². The molecule has 2 N–H and O–H groups in total. The summed E-state index contributed by atoms with van der Waals surface area (Å²) in [6, 6.07) is 15.4. The van der Waals surface area contributed by atoms with E-state index < -0.39 is 0 Å². The van der Waals surface area contributed by atoms with Gasteiger partial charge in [0.05, 0.1) is 6.04 Å². The quantitative estimate of drug-likeness (QED) is 0.824. The van der Waals surface area contributed by atoms with Gasteiger partial charge in [0.25, 0.3) is 0 Å². The van der Waals surface area contributed by atoms with E-state index in [2.05, 4.69) is 49.1 Å². The van der Waals surface area contributed by atoms with Gasteiger partial charge in [0.1, 0.15) is 0 Å². The molecule has 1 atom stereocenters. The summed E-state index contributed by atoms with van der Waals surface area (Å²) >= 11 is 0. The second-order valence-electron chi connectivity index (χ2n) is 5.76. The summed E-state index contributed by atoms with van der Waals surface area (Å²) in [4.78, 5) is 2.57. The predicted molar refractivity (Wildman–Crippen MR) is 86.1 cm³/mol. The van der Waals surface area contributed by atoms with E-state index in [1.807, 2.05) is 12.1 Å². The number of aryl methyl sites for hydroxylation is 2. The van der Waals surface area contributed by atoms with E-state index in [0.717, 1.165) is 12.2 Å². The molecule has 1 unspecified atom stereocenters. The second-order valence-corrected chi connectivity index (χ2v) is 5.76. The molecule has 1 fully saturated rings. The van der Waals surface area contributed by atoms with Crippen molar-refractivity contribution < 1.29 is 0 Å². The molecule has 0 bridgehead atoms. The Balaban J connectivity index is 1.99. The van der Waals surface area contributed by atoms with E-state index in [4.69, 9.17) is 5.73 Å². The molecular formula is C18H22N2. The summed E-state index contributed by atoms with van der Waals surface area (Å²) in [5.41, 5.74) is 12.2. The first-order valence-electron chi connectivity index (χ1n) is 7.35. The fraction of sp³-hybridized carbons (Fsp3) is 0.333. The number of hydrogen-bond acceptors (Lipinski definition) is 2. The lowest BCUT2D eigenvalue weighted by molar-refractivity contribution is 0.716. The Labute approximate surface area is 121 Å². The molecule has 3 rings (SSSR count). The molecule has 20 heavy (non-hydrogen) atoms. The van der Waals surface area contributed by atoms with E-state index in [1.54, 1.807) is 0 Å². The van der Waals surface area contributed by atoms with Gasteiger partial charge in [0, 0.05) is 17.9 Å². The minimum absolute atomic E-state index is 0.482. The van der Waals surface area contributed by atoms with Crippen LogP contribution in [0.15, 0.2) is 42.5 Å². The monoisotopic (exact) mass is 266 g/mol. The van der Waals surface area contributed by atoms with Crippen LogP contribution in [0.5, 0.6) is 0 Å². The van der Waals surface area contributed by atoms with Crippen LogP contribution >= 0.6 is 0 Å². The highest BCUT2D eigenvalue weighted by Crippen LogP contribution is 2.39. The largest absolute Gasteiger partial charge is 0.399 e. The van der Waals surface area contributed by atoms with Crippen molar-refractivity contribution in [3.8, 4) is 0 Å². The van der Waals surface area contributed by atoms with Crippen LogP contribution in [0.25, 0.3) is 0 Å². The number of nitrogen functional groups attached to an aromatic ring is 1. The van der Waals surface area contributed by atoms with Crippen LogP contribution in [0.3, 0.4) is 0 Å². The number of hydrogen-bond donors (Lipinski definition) is 1. The smallest absolute Gasteiger partial charge is 0.0543 e. The zero-order chi connectivity index (χ0) is 14.1. The van der Waals surface area contributed by atoms with Crippen molar-refractivity contribution in [2.45, 2.75) is 32.7 Å². The van der Waals surface area contributed by atoms with Gasteiger partial charge in [-0.1, -0.05) is 30.3 Å². The average Bonchev–Trinajstić information content (AvgIpc) is 2.88. The number of benzene rings is 2. The molecule has 1 aliphatic heterocycles. The summed E-state index contributed by atoms with van der Waals surface area (Å²) in [6.07, 6.45) is 2.47. The second kappa shape index (κ2) is 5.20. The van der Waals surface area contributed by atoms with Crippen molar-refractivity contribution in [1.82, 2.24) is 0 Å². The zero-order valence-electron chi connectivity index (χ0n) is 12.3. The van der Waals surface area contributed by atoms with Crippen LogP contribution in [0.2, 0.25) is 0 Å². The highest BCUT2D eigenvalue weighted by atomic mass is 15.2. The van der Waals surface area contributed by atoms with E-state index >= 15 is 0 Å². The van der Waals surface area contributed by atoms with Gasteiger partial charge in [-0.3, -0.25) is 0 Å². The van der Waals surface area contributed by atoms with Crippen LogP contribution < -0.4 is 10.6 Å². The minimum atomic E-state index is 0.482. The third-order valence-corrected chi connectivity index (χ3v) is 4.30. The molecule has 1 heterocycles. The van der Waals surface area contributed by atoms with E-state index in [1.165, 1.54) is 35.2 Å². The van der Waals surface area contributed by atoms with Crippen molar-refractivity contribution >= 4 is 11.4 Å². The van der Waals surface area contributed by atoms with Crippen LogP contribution in [-0.4, -0.2) is 6.54 Å². The van der Waals surface area contributed by atoms with Crippen molar-refractivity contribution in [1.29, 1.82) is 0 Å². The molecule has 104 valence electrons. The molecule has 0 spiro atoms. The fourth-order valence-corrected chi connectivity index (χ4v) is 3.36. The maximum atomic E-state index is 5.81. The lowest BCUT2D eigenvalue weighted by atomic mass is 10.0. The third-order valence-electron chi connectivity index (χ3n) is 4.30. The maximum absolute atomic E-state index is 5.81. The molecule has 0 saturated carbocycles. The number of nitrogens with two attached hydrogens (primary N) is 1. The summed E-state index contributed by atoms with van der Waals surface area (Å²) in [5, 5.41) is 0. The van der Waals surface area contributed by atoms with Gasteiger partial charge in [-0.05, 0) is 55.5 Å². The average molecular weight is 266 g/mol. The molecule has 2 aromatic carbocycles. The van der Waals surface area contributed by atoms with Crippen molar-refractivity contribution in [3.63, 3.8) is 0 Å². The van der Waals surface area contributed by atoms with Gasteiger partial charge in [-0.15, -0.1) is 0 Å². The third kappa shape index (κ3) is 2.26. The Morgan fingerprint density at radius 2 is 1.65 bits per heavy atom. The number of anilines is 2. The molecule has 0 radical (unpaired) electrons. The highest BCUT2D eigenvalue weighted by Gasteiger charge is 2.27. The van der Waals surface area contributed by atoms with Gasteiger partial charge in [-0.2, -0.15) is 0 Å². The Morgan fingerprint density at radius 3 is 2.30 bits per heavy atom. The number of rotatable bonds is 2. The van der Waals surface area contributed by atoms with Crippen molar-refractivity contribution in [3.05, 3.63) is 59.2 Å². The first kappa shape index (κ1) is 13.0. The van der Waals surface area contributed by atoms with E-state index in [9.17, 15) is 0 Å². The minimum Gasteiger partial charge on any atom is -0.399 e. The molecule has 2 heteroatoms. The van der Waals surface area contributed by atoms with Gasteiger partial charge in [0.15, 0.2) is 0 Å². The van der Waals surface area contributed by atoms with E-state index in [-0.39, 0.29) is 0 Å². The van der Waals surface area contributed by atoms with Gasteiger partial charge in [-0.25, -0.2) is 0 Å². The van der Waals surface area contributed by atoms with Crippen LogP contribution in [0.4, 0.5) is 11.4 Å². The SMILES string of the molecule is Cc1cccc(C)c1N1CCCC1c1ccc(N)cc1. The van der Waals surface area contributed by atoms with Crippen LogP contribution in [0, 0.1) is 13.8 Å². The molecule has 1 saturated heterocycles. The number of para-hydroxylation sites is 1. The zero-order valence-corrected chi connectivity index (χ0v) is 12.3. The Hall–Kier alpha value is -1.96. The number of nitrogens with zero attached hydrogens (tertiary/aromatic N) is 1. The molecule has 2 aromatic rings. The predicted octanol–water partition coefficient (Wildman–Crippen LogP) is 4.23. The lowest BCUT2D eigenvalue weighted by Gasteiger charge is -2.30. The normalized spacial score (nSPS) is 18.5. The molecule has 0 aliphatic carbocycles. The molecular weight excluding hydrogens is 244 g/mol. The molecule has 1 aliphatic rings.